The van der Waals surface area contributed by atoms with Crippen molar-refractivity contribution in [1.29, 1.82) is 0 Å². The Morgan fingerprint density at radius 2 is 2.06 bits per heavy atom. The number of likely N-dealkylation sites (N-methyl/N-ethyl adjacent to an activating group) is 1. The predicted octanol–water partition coefficient (Wildman–Crippen LogP) is -1.33. The van der Waals surface area contributed by atoms with Crippen LogP contribution in [0.25, 0.3) is 0 Å². The van der Waals surface area contributed by atoms with Crippen molar-refractivity contribution in [1.82, 2.24) is 15.4 Å². The maximum Gasteiger partial charge on any atom is 0.235 e. The summed E-state index contributed by atoms with van der Waals surface area (Å²) in [6.07, 6.45) is 0. The molecule has 0 aromatic heterocycles. The molecule has 108 valence electrons. The van der Waals surface area contributed by atoms with E-state index >= 15 is 0 Å². The van der Waals surface area contributed by atoms with Gasteiger partial charge in [0, 0.05) is 19.2 Å². The first-order chi connectivity index (χ1) is 8.41. The number of carbonyl (C=O) groups is 1. The van der Waals surface area contributed by atoms with Crippen LogP contribution in [0.5, 0.6) is 0 Å². The number of rotatable bonds is 10. The van der Waals surface area contributed by atoms with Gasteiger partial charge in [0.25, 0.3) is 0 Å². The van der Waals surface area contributed by atoms with E-state index in [1.165, 1.54) is 0 Å². The van der Waals surface area contributed by atoms with Crippen LogP contribution in [0.15, 0.2) is 0 Å². The van der Waals surface area contributed by atoms with Crippen molar-refractivity contribution < 1.29 is 17.9 Å². The molecule has 0 saturated carbocycles. The SMILES string of the molecule is CCOCCS(=O)(=O)NCC(=O)NCC(C)NC. The van der Waals surface area contributed by atoms with Crippen LogP contribution in [0.3, 0.4) is 0 Å². The molecule has 0 radical (unpaired) electrons. The molecule has 0 aliphatic heterocycles. The van der Waals surface area contributed by atoms with Crippen molar-refractivity contribution in [2.45, 2.75) is 19.9 Å². The average Bonchev–Trinajstić information content (AvgIpc) is 2.33. The summed E-state index contributed by atoms with van der Waals surface area (Å²) in [5.41, 5.74) is 0. The van der Waals surface area contributed by atoms with Crippen LogP contribution in [0.4, 0.5) is 0 Å². The van der Waals surface area contributed by atoms with Gasteiger partial charge in [0.1, 0.15) is 0 Å². The highest BCUT2D eigenvalue weighted by atomic mass is 32.2. The van der Waals surface area contributed by atoms with Gasteiger partial charge < -0.3 is 15.4 Å². The fourth-order valence-corrected chi connectivity index (χ4v) is 1.82. The van der Waals surface area contributed by atoms with Gasteiger partial charge in [-0.15, -0.1) is 0 Å². The molecule has 0 fully saturated rings. The van der Waals surface area contributed by atoms with E-state index in [4.69, 9.17) is 4.74 Å². The van der Waals surface area contributed by atoms with Crippen molar-refractivity contribution in [3.05, 3.63) is 0 Å². The lowest BCUT2D eigenvalue weighted by molar-refractivity contribution is -0.120. The predicted molar refractivity (Wildman–Crippen MR) is 69.8 cm³/mol. The van der Waals surface area contributed by atoms with Gasteiger partial charge in [-0.2, -0.15) is 0 Å². The molecule has 3 N–H and O–H groups in total. The Morgan fingerprint density at radius 1 is 1.39 bits per heavy atom. The minimum Gasteiger partial charge on any atom is -0.381 e. The third-order valence-corrected chi connectivity index (χ3v) is 3.54. The first-order valence-electron chi connectivity index (χ1n) is 5.90. The van der Waals surface area contributed by atoms with E-state index in [0.29, 0.717) is 13.2 Å². The molecule has 0 spiro atoms. The molecule has 1 amide bonds. The molecule has 0 rings (SSSR count). The summed E-state index contributed by atoms with van der Waals surface area (Å²) in [6.45, 7) is 4.51. The summed E-state index contributed by atoms with van der Waals surface area (Å²) in [4.78, 5) is 11.3. The van der Waals surface area contributed by atoms with Crippen molar-refractivity contribution >= 4 is 15.9 Å². The molecule has 7 nitrogen and oxygen atoms in total. The first kappa shape index (κ1) is 17.3. The lowest BCUT2D eigenvalue weighted by Gasteiger charge is -2.11. The number of carbonyl (C=O) groups excluding carboxylic acids is 1. The zero-order chi connectivity index (χ0) is 14.0. The van der Waals surface area contributed by atoms with E-state index in [1.807, 2.05) is 6.92 Å². The smallest absolute Gasteiger partial charge is 0.235 e. The van der Waals surface area contributed by atoms with Gasteiger partial charge in [-0.25, -0.2) is 13.1 Å². The molecule has 0 aliphatic carbocycles. The highest BCUT2D eigenvalue weighted by Gasteiger charge is 2.12. The molecule has 0 aliphatic rings. The van der Waals surface area contributed by atoms with Gasteiger partial charge in [0.2, 0.25) is 15.9 Å². The second-order valence-corrected chi connectivity index (χ2v) is 5.76. The lowest BCUT2D eigenvalue weighted by atomic mass is 10.3. The Morgan fingerprint density at radius 3 is 2.61 bits per heavy atom. The lowest BCUT2D eigenvalue weighted by Crippen LogP contribution is -2.42. The number of sulfonamides is 1. The van der Waals surface area contributed by atoms with Gasteiger partial charge >= 0.3 is 0 Å². The van der Waals surface area contributed by atoms with Gasteiger partial charge in [-0.05, 0) is 20.9 Å². The summed E-state index contributed by atoms with van der Waals surface area (Å²) in [5, 5.41) is 5.57. The largest absolute Gasteiger partial charge is 0.381 e. The third-order valence-electron chi connectivity index (χ3n) is 2.25. The molecule has 0 heterocycles. The van der Waals surface area contributed by atoms with Gasteiger partial charge in [0.15, 0.2) is 0 Å². The summed E-state index contributed by atoms with van der Waals surface area (Å²) < 4.78 is 30.0. The molecule has 0 saturated heterocycles. The maximum absolute atomic E-state index is 11.4. The highest BCUT2D eigenvalue weighted by molar-refractivity contribution is 7.89. The number of amides is 1. The molecule has 0 bridgehead atoms. The monoisotopic (exact) mass is 281 g/mol. The first-order valence-corrected chi connectivity index (χ1v) is 7.55. The minimum absolute atomic E-state index is 0.129. The number of hydrogen-bond donors (Lipinski definition) is 3. The number of nitrogens with one attached hydrogen (secondary N) is 3. The zero-order valence-electron chi connectivity index (χ0n) is 11.2. The Labute approximate surface area is 109 Å². The summed E-state index contributed by atoms with van der Waals surface area (Å²) >= 11 is 0. The normalized spacial score (nSPS) is 13.3. The molecule has 18 heavy (non-hydrogen) atoms. The van der Waals surface area contributed by atoms with E-state index in [1.54, 1.807) is 14.0 Å². The van der Waals surface area contributed by atoms with Crippen LogP contribution in [-0.4, -0.2) is 59.5 Å². The standard InChI is InChI=1S/C10H23N3O4S/c1-4-17-5-6-18(15,16)13-8-10(14)12-7-9(2)11-3/h9,11,13H,4-8H2,1-3H3,(H,12,14). The Balaban J connectivity index is 3.82. The van der Waals surface area contributed by atoms with Gasteiger partial charge in [-0.1, -0.05) is 0 Å². The zero-order valence-corrected chi connectivity index (χ0v) is 12.0. The van der Waals surface area contributed by atoms with Crippen LogP contribution in [0.2, 0.25) is 0 Å². The van der Waals surface area contributed by atoms with Crippen LogP contribution in [0, 0.1) is 0 Å². The molecule has 1 unspecified atom stereocenters. The fourth-order valence-electron chi connectivity index (χ4n) is 0.992. The Hall–Kier alpha value is -0.700. The Kier molecular flexibility index (Phi) is 8.90. The fraction of sp³-hybridized carbons (Fsp3) is 0.900. The average molecular weight is 281 g/mol. The molecule has 0 aromatic carbocycles. The second-order valence-electron chi connectivity index (χ2n) is 3.83. The van der Waals surface area contributed by atoms with E-state index in [-0.39, 0.29) is 30.9 Å². The second kappa shape index (κ2) is 9.26. The minimum atomic E-state index is -3.44. The van der Waals surface area contributed by atoms with Crippen molar-refractivity contribution in [2.24, 2.45) is 0 Å². The van der Waals surface area contributed by atoms with Crippen LogP contribution in [0.1, 0.15) is 13.8 Å². The van der Waals surface area contributed by atoms with Crippen molar-refractivity contribution in [2.75, 3.05) is 39.1 Å². The molecular formula is C10H23N3O4S. The van der Waals surface area contributed by atoms with Crippen molar-refractivity contribution in [3.63, 3.8) is 0 Å². The van der Waals surface area contributed by atoms with Crippen LogP contribution < -0.4 is 15.4 Å². The molecule has 1 atom stereocenters. The van der Waals surface area contributed by atoms with Gasteiger partial charge in [0.05, 0.1) is 18.9 Å². The number of ether oxygens (including phenoxy) is 1. The summed E-state index contributed by atoms with van der Waals surface area (Å²) in [5.74, 6) is -0.488. The van der Waals surface area contributed by atoms with Crippen molar-refractivity contribution in [3.8, 4) is 0 Å². The van der Waals surface area contributed by atoms with Gasteiger partial charge in [-0.3, -0.25) is 4.79 Å². The number of hydrogen-bond acceptors (Lipinski definition) is 5. The molecule has 0 aromatic rings. The summed E-state index contributed by atoms with van der Waals surface area (Å²) in [6, 6.07) is 0.142. The topological polar surface area (TPSA) is 96.5 Å². The molecular weight excluding hydrogens is 258 g/mol. The van der Waals surface area contributed by atoms with Crippen LogP contribution in [-0.2, 0) is 19.6 Å². The maximum atomic E-state index is 11.4. The van der Waals surface area contributed by atoms with Crippen LogP contribution >= 0.6 is 0 Å². The van der Waals surface area contributed by atoms with E-state index < -0.39 is 10.0 Å². The quantitative estimate of drug-likeness (QED) is 0.431. The summed E-state index contributed by atoms with van der Waals surface area (Å²) in [7, 11) is -1.66. The third kappa shape index (κ3) is 9.34. The van der Waals surface area contributed by atoms with E-state index in [9.17, 15) is 13.2 Å². The Bertz CT molecular complexity index is 332. The molecule has 8 heteroatoms. The highest BCUT2D eigenvalue weighted by Crippen LogP contribution is 1.85. The van der Waals surface area contributed by atoms with E-state index in [2.05, 4.69) is 15.4 Å². The van der Waals surface area contributed by atoms with E-state index in [0.717, 1.165) is 0 Å².